The Morgan fingerprint density at radius 3 is 3.16 bits per heavy atom. The van der Waals surface area contributed by atoms with E-state index in [1.165, 1.54) is 6.26 Å². The Labute approximate surface area is 108 Å². The number of rotatable bonds is 7. The molecule has 0 aromatic carbocycles. The van der Waals surface area contributed by atoms with Crippen molar-refractivity contribution in [1.29, 1.82) is 0 Å². The summed E-state index contributed by atoms with van der Waals surface area (Å²) in [5.74, 6) is 0.417. The van der Waals surface area contributed by atoms with Crippen molar-refractivity contribution in [2.45, 2.75) is 6.54 Å². The van der Waals surface area contributed by atoms with Crippen LogP contribution in [0.2, 0.25) is 0 Å². The Hall–Kier alpha value is -2.26. The number of carbonyl (C=O) groups is 1. The van der Waals surface area contributed by atoms with Gasteiger partial charge in [0.15, 0.2) is 5.76 Å². The lowest BCUT2D eigenvalue weighted by Crippen LogP contribution is -2.29. The first kappa shape index (κ1) is 13.2. The number of hydroxylamine groups is 1. The summed E-state index contributed by atoms with van der Waals surface area (Å²) in [6.45, 7) is 0.565. The van der Waals surface area contributed by atoms with E-state index in [1.807, 2.05) is 0 Å². The third-order valence-electron chi connectivity index (χ3n) is 2.05. The summed E-state index contributed by atoms with van der Waals surface area (Å²) >= 11 is 0. The molecule has 0 fully saturated rings. The third kappa shape index (κ3) is 3.86. The molecule has 2 rings (SSSR count). The molecule has 0 unspecified atom stereocenters. The van der Waals surface area contributed by atoms with E-state index in [4.69, 9.17) is 14.0 Å². The van der Waals surface area contributed by atoms with E-state index in [9.17, 15) is 4.79 Å². The van der Waals surface area contributed by atoms with E-state index in [2.05, 4.69) is 20.9 Å². The largest absolute Gasteiger partial charge is 0.461 e. The number of aromatic nitrogens is 4. The highest BCUT2D eigenvalue weighted by Gasteiger charge is 2.10. The van der Waals surface area contributed by atoms with Crippen molar-refractivity contribution in [1.82, 2.24) is 25.7 Å². The standard InChI is InChI=1S/C10H13N5O4/c1-17-5-6-19-13-9(16)7-15-12-10(11-14-15)8-3-2-4-18-8/h2-4H,5-7H2,1H3,(H,13,16). The van der Waals surface area contributed by atoms with Crippen LogP contribution in [-0.2, 0) is 20.9 Å². The van der Waals surface area contributed by atoms with Gasteiger partial charge < -0.3 is 9.15 Å². The summed E-state index contributed by atoms with van der Waals surface area (Å²) in [6.07, 6.45) is 1.51. The molecule has 0 atom stereocenters. The lowest BCUT2D eigenvalue weighted by Gasteiger charge is -2.03. The molecule has 2 aromatic rings. The minimum Gasteiger partial charge on any atom is -0.461 e. The van der Waals surface area contributed by atoms with Crippen LogP contribution < -0.4 is 5.48 Å². The van der Waals surface area contributed by atoms with Crippen molar-refractivity contribution in [2.75, 3.05) is 20.3 Å². The molecule has 19 heavy (non-hydrogen) atoms. The van der Waals surface area contributed by atoms with Gasteiger partial charge in [-0.05, 0) is 17.3 Å². The quantitative estimate of drug-likeness (QED) is 0.539. The van der Waals surface area contributed by atoms with Crippen LogP contribution in [0.4, 0.5) is 0 Å². The third-order valence-corrected chi connectivity index (χ3v) is 2.05. The van der Waals surface area contributed by atoms with Crippen molar-refractivity contribution in [3.05, 3.63) is 18.4 Å². The van der Waals surface area contributed by atoms with E-state index in [1.54, 1.807) is 19.2 Å². The number of methoxy groups -OCH3 is 1. The van der Waals surface area contributed by atoms with Gasteiger partial charge in [0, 0.05) is 7.11 Å². The second-order valence-corrected chi connectivity index (χ2v) is 3.49. The zero-order valence-electron chi connectivity index (χ0n) is 10.3. The first-order valence-electron chi connectivity index (χ1n) is 5.51. The molecule has 0 aliphatic carbocycles. The first-order chi connectivity index (χ1) is 9.29. The van der Waals surface area contributed by atoms with Crippen molar-refractivity contribution in [3.63, 3.8) is 0 Å². The van der Waals surface area contributed by atoms with Gasteiger partial charge in [-0.15, -0.1) is 10.2 Å². The number of hydrogen-bond acceptors (Lipinski definition) is 7. The summed E-state index contributed by atoms with van der Waals surface area (Å²) in [7, 11) is 1.54. The van der Waals surface area contributed by atoms with Crippen LogP contribution in [0.3, 0.4) is 0 Å². The fourth-order valence-corrected chi connectivity index (χ4v) is 1.23. The number of ether oxygens (including phenoxy) is 1. The van der Waals surface area contributed by atoms with Crippen LogP contribution in [0.5, 0.6) is 0 Å². The summed E-state index contributed by atoms with van der Waals surface area (Å²) in [4.78, 5) is 17.4. The van der Waals surface area contributed by atoms with Gasteiger partial charge in [0.2, 0.25) is 5.82 Å². The molecular weight excluding hydrogens is 254 g/mol. The van der Waals surface area contributed by atoms with Crippen molar-refractivity contribution >= 4 is 5.91 Å². The molecule has 0 radical (unpaired) electrons. The molecule has 0 aliphatic heterocycles. The highest BCUT2D eigenvalue weighted by Crippen LogP contribution is 2.12. The molecule has 0 spiro atoms. The van der Waals surface area contributed by atoms with Crippen molar-refractivity contribution in [2.24, 2.45) is 0 Å². The number of nitrogens with zero attached hydrogens (tertiary/aromatic N) is 4. The summed E-state index contributed by atoms with van der Waals surface area (Å²) < 4.78 is 9.87. The molecule has 0 aliphatic rings. The summed E-state index contributed by atoms with van der Waals surface area (Å²) in [6, 6.07) is 3.42. The predicted molar refractivity (Wildman–Crippen MR) is 61.5 cm³/mol. The van der Waals surface area contributed by atoms with E-state index < -0.39 is 0 Å². The molecular formula is C10H13N5O4. The molecule has 1 amide bonds. The fourth-order valence-electron chi connectivity index (χ4n) is 1.23. The van der Waals surface area contributed by atoms with Crippen LogP contribution >= 0.6 is 0 Å². The number of carbonyl (C=O) groups excluding carboxylic acids is 1. The molecule has 0 saturated carbocycles. The number of furan rings is 1. The van der Waals surface area contributed by atoms with Crippen LogP contribution in [0.25, 0.3) is 11.6 Å². The number of nitrogens with one attached hydrogen (secondary N) is 1. The van der Waals surface area contributed by atoms with E-state index >= 15 is 0 Å². The molecule has 2 aromatic heterocycles. The van der Waals surface area contributed by atoms with Gasteiger partial charge in [0.1, 0.15) is 6.54 Å². The van der Waals surface area contributed by atoms with Gasteiger partial charge in [0.25, 0.3) is 5.91 Å². The number of tetrazole rings is 1. The van der Waals surface area contributed by atoms with Crippen LogP contribution in [0, 0.1) is 0 Å². The van der Waals surface area contributed by atoms with Gasteiger partial charge in [-0.1, -0.05) is 0 Å². The topological polar surface area (TPSA) is 104 Å². The van der Waals surface area contributed by atoms with Crippen molar-refractivity contribution in [3.8, 4) is 11.6 Å². The minimum absolute atomic E-state index is 0.0965. The van der Waals surface area contributed by atoms with Crippen LogP contribution in [0.1, 0.15) is 0 Å². The van der Waals surface area contributed by atoms with Gasteiger partial charge in [-0.3, -0.25) is 9.63 Å². The zero-order chi connectivity index (χ0) is 13.5. The first-order valence-corrected chi connectivity index (χ1v) is 5.51. The maximum Gasteiger partial charge on any atom is 0.267 e. The Kier molecular flexibility index (Phi) is 4.59. The Balaban J connectivity index is 1.81. The molecule has 0 bridgehead atoms. The molecule has 9 nitrogen and oxygen atoms in total. The highest BCUT2D eigenvalue weighted by atomic mass is 16.7. The Morgan fingerprint density at radius 1 is 1.53 bits per heavy atom. The Bertz CT molecular complexity index is 510. The van der Waals surface area contributed by atoms with E-state index in [0.717, 1.165) is 4.80 Å². The monoisotopic (exact) mass is 267 g/mol. The number of hydrogen-bond donors (Lipinski definition) is 1. The predicted octanol–water partition coefficient (Wildman–Crippen LogP) is -0.373. The fraction of sp³-hybridized carbons (Fsp3) is 0.400. The lowest BCUT2D eigenvalue weighted by molar-refractivity contribution is -0.135. The molecule has 102 valence electrons. The van der Waals surface area contributed by atoms with Gasteiger partial charge in [-0.25, -0.2) is 5.48 Å². The SMILES string of the molecule is COCCONC(=O)Cn1nnc(-c2ccco2)n1. The lowest BCUT2D eigenvalue weighted by atomic mass is 10.4. The molecule has 0 saturated heterocycles. The van der Waals surface area contributed by atoms with Crippen LogP contribution in [-0.4, -0.2) is 46.4 Å². The average molecular weight is 267 g/mol. The number of amides is 1. The van der Waals surface area contributed by atoms with Gasteiger partial charge >= 0.3 is 0 Å². The Morgan fingerprint density at radius 2 is 2.42 bits per heavy atom. The maximum atomic E-state index is 11.4. The summed E-state index contributed by atoms with van der Waals surface area (Å²) in [5.41, 5.74) is 2.24. The second kappa shape index (κ2) is 6.61. The minimum atomic E-state index is -0.389. The smallest absolute Gasteiger partial charge is 0.267 e. The van der Waals surface area contributed by atoms with Gasteiger partial charge in [0.05, 0.1) is 19.5 Å². The molecule has 2 heterocycles. The zero-order valence-corrected chi connectivity index (χ0v) is 10.3. The van der Waals surface area contributed by atoms with Crippen molar-refractivity contribution < 1.29 is 18.8 Å². The summed E-state index contributed by atoms with van der Waals surface area (Å²) in [5, 5.41) is 11.5. The normalized spacial score (nSPS) is 10.6. The highest BCUT2D eigenvalue weighted by molar-refractivity contribution is 5.74. The maximum absolute atomic E-state index is 11.4. The molecule has 1 N–H and O–H groups in total. The molecule has 9 heteroatoms. The van der Waals surface area contributed by atoms with Gasteiger partial charge in [-0.2, -0.15) is 4.80 Å². The van der Waals surface area contributed by atoms with Crippen LogP contribution in [0.15, 0.2) is 22.8 Å². The van der Waals surface area contributed by atoms with E-state index in [-0.39, 0.29) is 19.1 Å². The average Bonchev–Trinajstić information content (AvgIpc) is 3.04. The van der Waals surface area contributed by atoms with E-state index in [0.29, 0.717) is 18.2 Å². The second-order valence-electron chi connectivity index (χ2n) is 3.49.